The molecule has 1 aromatic heterocycles. The lowest BCUT2D eigenvalue weighted by atomic mass is 9.59. The van der Waals surface area contributed by atoms with Gasteiger partial charge in [0.05, 0.1) is 5.41 Å². The zero-order valence-corrected chi connectivity index (χ0v) is 16.2. The molecule has 1 saturated carbocycles. The molecule has 29 heavy (non-hydrogen) atoms. The standard InChI is InChI=1S/C24H24N2O3/c27-22-11-10-19(18-12-25-21-9-5-4-8-17(18)21)24(23(28)29)15-26(14-20(22)24)13-16-6-2-1-3-7-16/h1-9,12,19-20,25H,10-11,13-15H2,(H,28,29). The number of carbonyl (C=O) groups is 2. The molecule has 1 aliphatic heterocycles. The smallest absolute Gasteiger partial charge is 0.312 e. The fourth-order valence-electron chi connectivity index (χ4n) is 5.57. The number of rotatable bonds is 4. The summed E-state index contributed by atoms with van der Waals surface area (Å²) in [5, 5.41) is 11.5. The molecule has 2 fully saturated rings. The highest BCUT2D eigenvalue weighted by atomic mass is 16.4. The molecule has 148 valence electrons. The minimum absolute atomic E-state index is 0.0963. The third-order valence-corrected chi connectivity index (χ3v) is 6.88. The summed E-state index contributed by atoms with van der Waals surface area (Å²) in [5.41, 5.74) is 2.11. The molecule has 2 heterocycles. The van der Waals surface area contributed by atoms with E-state index in [1.54, 1.807) is 0 Å². The summed E-state index contributed by atoms with van der Waals surface area (Å²) < 4.78 is 0. The Balaban J connectivity index is 1.56. The summed E-state index contributed by atoms with van der Waals surface area (Å²) in [7, 11) is 0. The predicted octanol–water partition coefficient (Wildman–Crippen LogP) is 3.82. The van der Waals surface area contributed by atoms with Crippen LogP contribution in [-0.2, 0) is 16.1 Å². The van der Waals surface area contributed by atoms with Crippen molar-refractivity contribution in [1.29, 1.82) is 0 Å². The van der Waals surface area contributed by atoms with Crippen LogP contribution in [0.5, 0.6) is 0 Å². The van der Waals surface area contributed by atoms with Gasteiger partial charge in [0.25, 0.3) is 0 Å². The maximum atomic E-state index is 12.9. The summed E-state index contributed by atoms with van der Waals surface area (Å²) in [6.45, 7) is 1.58. The van der Waals surface area contributed by atoms with Gasteiger partial charge >= 0.3 is 5.97 Å². The van der Waals surface area contributed by atoms with E-state index in [4.69, 9.17) is 0 Å². The summed E-state index contributed by atoms with van der Waals surface area (Å²) in [6, 6.07) is 18.1. The Morgan fingerprint density at radius 3 is 2.66 bits per heavy atom. The lowest BCUT2D eigenvalue weighted by Crippen LogP contribution is -2.50. The maximum Gasteiger partial charge on any atom is 0.312 e. The van der Waals surface area contributed by atoms with E-state index >= 15 is 0 Å². The van der Waals surface area contributed by atoms with Crippen LogP contribution in [0.25, 0.3) is 10.9 Å². The van der Waals surface area contributed by atoms with Crippen LogP contribution < -0.4 is 0 Å². The first-order chi connectivity index (χ1) is 14.1. The normalized spacial score (nSPS) is 27.2. The first-order valence-corrected chi connectivity index (χ1v) is 10.2. The number of para-hydroxylation sites is 1. The number of aliphatic carboxylic acids is 1. The summed E-state index contributed by atoms with van der Waals surface area (Å²) in [4.78, 5) is 31.1. The Morgan fingerprint density at radius 1 is 1.10 bits per heavy atom. The van der Waals surface area contributed by atoms with E-state index in [1.165, 1.54) is 0 Å². The van der Waals surface area contributed by atoms with Gasteiger partial charge in [-0.25, -0.2) is 0 Å². The Labute approximate surface area is 169 Å². The number of fused-ring (bicyclic) bond motifs is 2. The van der Waals surface area contributed by atoms with Gasteiger partial charge in [-0.15, -0.1) is 0 Å². The van der Waals surface area contributed by atoms with Crippen molar-refractivity contribution in [3.05, 3.63) is 71.9 Å². The largest absolute Gasteiger partial charge is 0.481 e. The minimum Gasteiger partial charge on any atom is -0.481 e. The number of hydrogen-bond donors (Lipinski definition) is 2. The highest BCUT2D eigenvalue weighted by Gasteiger charge is 2.61. The molecule has 3 atom stereocenters. The third-order valence-electron chi connectivity index (χ3n) is 6.88. The highest BCUT2D eigenvalue weighted by molar-refractivity contribution is 5.93. The van der Waals surface area contributed by atoms with Gasteiger partial charge in [-0.3, -0.25) is 14.5 Å². The van der Waals surface area contributed by atoms with Crippen molar-refractivity contribution < 1.29 is 14.7 Å². The molecule has 1 aliphatic carbocycles. The van der Waals surface area contributed by atoms with Gasteiger partial charge < -0.3 is 10.1 Å². The number of ketones is 1. The van der Waals surface area contributed by atoms with Gasteiger partial charge in [0.2, 0.25) is 0 Å². The minimum atomic E-state index is -1.07. The number of hydrogen-bond acceptors (Lipinski definition) is 3. The fourth-order valence-corrected chi connectivity index (χ4v) is 5.57. The topological polar surface area (TPSA) is 73.4 Å². The van der Waals surface area contributed by atoms with Gasteiger partial charge in [0.15, 0.2) is 0 Å². The number of nitrogens with one attached hydrogen (secondary N) is 1. The van der Waals surface area contributed by atoms with E-state index in [1.807, 2.05) is 60.8 Å². The van der Waals surface area contributed by atoms with Crippen LogP contribution in [0.15, 0.2) is 60.8 Å². The quantitative estimate of drug-likeness (QED) is 0.713. The van der Waals surface area contributed by atoms with Crippen molar-refractivity contribution in [2.24, 2.45) is 11.3 Å². The monoisotopic (exact) mass is 388 g/mol. The molecule has 0 spiro atoms. The molecule has 0 amide bonds. The Bertz CT molecular complexity index is 1070. The molecule has 2 aliphatic rings. The van der Waals surface area contributed by atoms with Crippen LogP contribution in [0.1, 0.15) is 29.9 Å². The average Bonchev–Trinajstić information content (AvgIpc) is 3.32. The molecule has 5 heteroatoms. The summed E-state index contributed by atoms with van der Waals surface area (Å²) in [6.07, 6.45) is 2.98. The molecule has 0 radical (unpaired) electrons. The van der Waals surface area contributed by atoms with E-state index in [0.29, 0.717) is 32.5 Å². The molecule has 1 saturated heterocycles. The van der Waals surface area contributed by atoms with Gasteiger partial charge in [-0.1, -0.05) is 48.5 Å². The number of nitrogens with zero attached hydrogens (tertiary/aromatic N) is 1. The van der Waals surface area contributed by atoms with Gasteiger partial charge in [0, 0.05) is 55.0 Å². The van der Waals surface area contributed by atoms with Crippen LogP contribution in [0, 0.1) is 11.3 Å². The summed E-state index contributed by atoms with van der Waals surface area (Å²) in [5.74, 6) is -1.39. The van der Waals surface area contributed by atoms with Crippen molar-refractivity contribution in [1.82, 2.24) is 9.88 Å². The Kier molecular flexibility index (Phi) is 4.28. The zero-order chi connectivity index (χ0) is 20.0. The van der Waals surface area contributed by atoms with E-state index in [2.05, 4.69) is 9.88 Å². The molecule has 5 rings (SSSR count). The fraction of sp³-hybridized carbons (Fsp3) is 0.333. The maximum absolute atomic E-state index is 12.9. The van der Waals surface area contributed by atoms with Crippen molar-refractivity contribution in [3.8, 4) is 0 Å². The number of benzene rings is 2. The third kappa shape index (κ3) is 2.80. The van der Waals surface area contributed by atoms with Crippen molar-refractivity contribution in [3.63, 3.8) is 0 Å². The molecule has 0 bridgehead atoms. The van der Waals surface area contributed by atoms with Gasteiger partial charge in [0.1, 0.15) is 5.78 Å². The van der Waals surface area contributed by atoms with E-state index in [0.717, 1.165) is 22.0 Å². The van der Waals surface area contributed by atoms with Crippen LogP contribution >= 0.6 is 0 Å². The second kappa shape index (κ2) is 6.85. The van der Waals surface area contributed by atoms with E-state index in [9.17, 15) is 14.7 Å². The van der Waals surface area contributed by atoms with Crippen LogP contribution in [0.4, 0.5) is 0 Å². The molecule has 2 aromatic carbocycles. The van der Waals surface area contributed by atoms with Crippen LogP contribution in [0.3, 0.4) is 0 Å². The van der Waals surface area contributed by atoms with Gasteiger partial charge in [-0.2, -0.15) is 0 Å². The number of H-pyrrole nitrogens is 1. The number of Topliss-reactive ketones (excluding diaryl/α,β-unsaturated/α-hetero) is 1. The Morgan fingerprint density at radius 2 is 1.86 bits per heavy atom. The lowest BCUT2D eigenvalue weighted by Gasteiger charge is -2.41. The second-order valence-electron chi connectivity index (χ2n) is 8.40. The molecule has 3 unspecified atom stereocenters. The number of carboxylic acids is 1. The molecular formula is C24H24N2O3. The van der Waals surface area contributed by atoms with Gasteiger partial charge in [-0.05, 0) is 23.6 Å². The number of carbonyl (C=O) groups excluding carboxylic acids is 1. The lowest BCUT2D eigenvalue weighted by molar-refractivity contribution is -0.158. The average molecular weight is 388 g/mol. The number of aromatic amines is 1. The number of likely N-dealkylation sites (tertiary alicyclic amines) is 1. The summed E-state index contributed by atoms with van der Waals surface area (Å²) >= 11 is 0. The van der Waals surface area contributed by atoms with Crippen LogP contribution in [0.2, 0.25) is 0 Å². The number of aromatic nitrogens is 1. The second-order valence-corrected chi connectivity index (χ2v) is 8.40. The number of carboxylic acid groups (broad SMARTS) is 1. The van der Waals surface area contributed by atoms with E-state index < -0.39 is 17.3 Å². The van der Waals surface area contributed by atoms with Crippen molar-refractivity contribution in [2.45, 2.75) is 25.3 Å². The Hall–Kier alpha value is -2.92. The molecular weight excluding hydrogens is 364 g/mol. The van der Waals surface area contributed by atoms with Crippen molar-refractivity contribution in [2.75, 3.05) is 13.1 Å². The molecule has 3 aromatic rings. The van der Waals surface area contributed by atoms with Crippen LogP contribution in [-0.4, -0.2) is 39.8 Å². The SMILES string of the molecule is O=C1CCC(c2c[nH]c3ccccc23)C2(C(=O)O)CN(Cc3ccccc3)CC12. The molecule has 2 N–H and O–H groups in total. The first kappa shape index (κ1) is 18.1. The van der Waals surface area contributed by atoms with E-state index in [-0.39, 0.29) is 11.7 Å². The molecule has 5 nitrogen and oxygen atoms in total. The zero-order valence-electron chi connectivity index (χ0n) is 16.2. The van der Waals surface area contributed by atoms with Crippen molar-refractivity contribution >= 4 is 22.7 Å². The highest BCUT2D eigenvalue weighted by Crippen LogP contribution is 2.54. The predicted molar refractivity (Wildman–Crippen MR) is 111 cm³/mol. The first-order valence-electron chi connectivity index (χ1n) is 10.2.